The smallest absolute Gasteiger partial charge is 0.367 e. The van der Waals surface area contributed by atoms with Gasteiger partial charge in [-0.1, -0.05) is 6.07 Å². The molecule has 280 valence electrons. The molecular formula is C36H44F5N9OS. The van der Waals surface area contributed by atoms with Crippen molar-refractivity contribution in [2.75, 3.05) is 57.7 Å². The fourth-order valence-electron chi connectivity index (χ4n) is 7.45. The van der Waals surface area contributed by atoms with E-state index in [1.54, 1.807) is 6.07 Å². The van der Waals surface area contributed by atoms with E-state index in [0.717, 1.165) is 79.7 Å². The Balaban J connectivity index is 1.04. The van der Waals surface area contributed by atoms with Gasteiger partial charge in [0.25, 0.3) is 6.43 Å². The van der Waals surface area contributed by atoms with Crippen molar-refractivity contribution in [2.45, 2.75) is 76.9 Å². The topological polar surface area (TPSA) is 105 Å². The number of anilines is 1. The third-order valence-electron chi connectivity index (χ3n) is 10.4. The van der Waals surface area contributed by atoms with Crippen LogP contribution in [0.1, 0.15) is 41.5 Å². The van der Waals surface area contributed by atoms with E-state index in [2.05, 4.69) is 67.0 Å². The zero-order chi connectivity index (χ0) is 37.0. The van der Waals surface area contributed by atoms with Crippen LogP contribution in [0, 0.1) is 18.3 Å². The molecule has 2 atom stereocenters. The second-order valence-electron chi connectivity index (χ2n) is 13.8. The summed E-state index contributed by atoms with van der Waals surface area (Å²) in [7, 11) is 0. The summed E-state index contributed by atoms with van der Waals surface area (Å²) in [4.78, 5) is 27.7. The number of piperidine rings is 1. The van der Waals surface area contributed by atoms with Gasteiger partial charge in [0.15, 0.2) is 0 Å². The van der Waals surface area contributed by atoms with Crippen LogP contribution in [-0.2, 0) is 24.3 Å². The summed E-state index contributed by atoms with van der Waals surface area (Å²) in [5, 5.41) is 17.9. The quantitative estimate of drug-likeness (QED) is 0.129. The third-order valence-corrected chi connectivity index (χ3v) is 11.4. The van der Waals surface area contributed by atoms with Gasteiger partial charge >= 0.3 is 6.18 Å². The number of fused-ring (bicyclic) bond motifs is 2. The van der Waals surface area contributed by atoms with Crippen molar-refractivity contribution in [3.8, 4) is 6.07 Å². The summed E-state index contributed by atoms with van der Waals surface area (Å²) in [6, 6.07) is 9.99. The maximum Gasteiger partial charge on any atom is 0.393 e. The van der Waals surface area contributed by atoms with Crippen LogP contribution in [0.15, 0.2) is 30.6 Å². The molecule has 10 nitrogen and oxygen atoms in total. The van der Waals surface area contributed by atoms with Gasteiger partial charge in [0.2, 0.25) is 0 Å². The van der Waals surface area contributed by atoms with Crippen molar-refractivity contribution in [3.63, 3.8) is 0 Å². The number of nitriles is 1. The van der Waals surface area contributed by atoms with Crippen LogP contribution in [0.5, 0.6) is 0 Å². The Labute approximate surface area is 303 Å². The molecule has 2 fully saturated rings. The monoisotopic (exact) mass is 745 g/mol. The molecule has 0 saturated carbocycles. The van der Waals surface area contributed by atoms with Crippen molar-refractivity contribution in [2.24, 2.45) is 0 Å². The minimum Gasteiger partial charge on any atom is -0.367 e. The molecule has 2 N–H and O–H groups in total. The minimum atomic E-state index is -4.27. The Hall–Kier alpha value is -3.75. The lowest BCUT2D eigenvalue weighted by Gasteiger charge is -2.40. The second-order valence-corrected chi connectivity index (χ2v) is 15.0. The number of likely N-dealkylation sites (tertiary alicyclic amines) is 1. The number of benzene rings is 1. The zero-order valence-electron chi connectivity index (χ0n) is 29.3. The van der Waals surface area contributed by atoms with Gasteiger partial charge in [-0.3, -0.25) is 14.7 Å². The first-order valence-corrected chi connectivity index (χ1v) is 18.5. The van der Waals surface area contributed by atoms with Gasteiger partial charge in [-0.25, -0.2) is 18.7 Å². The Kier molecular flexibility index (Phi) is 12.1. The molecule has 0 spiro atoms. The van der Waals surface area contributed by atoms with E-state index in [4.69, 9.17) is 0 Å². The molecule has 0 aliphatic carbocycles. The summed E-state index contributed by atoms with van der Waals surface area (Å²) in [5.41, 5.74) is 3.96. The van der Waals surface area contributed by atoms with Crippen molar-refractivity contribution < 1.29 is 26.7 Å². The van der Waals surface area contributed by atoms with Gasteiger partial charge in [0.1, 0.15) is 35.0 Å². The van der Waals surface area contributed by atoms with Crippen LogP contribution in [0.4, 0.5) is 27.8 Å². The molecule has 1 unspecified atom stereocenters. The number of aldehydes is 1. The SMILES string of the molecule is Cc1c(CN2CCC(Nc3ncnc4sc(CC(F)(F)F)cc34)CC2)ccc2c1cc(C#N)n2C[C@H](C)N1CCN(C(C=O)CNCC(F)F)CC1. The highest BCUT2D eigenvalue weighted by molar-refractivity contribution is 7.18. The van der Waals surface area contributed by atoms with Gasteiger partial charge in [-0.15, -0.1) is 11.3 Å². The van der Waals surface area contributed by atoms with E-state index in [1.807, 2.05) is 11.0 Å². The lowest BCUT2D eigenvalue weighted by atomic mass is 10.0. The largest absolute Gasteiger partial charge is 0.393 e. The molecule has 5 heterocycles. The van der Waals surface area contributed by atoms with Crippen molar-refractivity contribution in [1.82, 2.24) is 34.6 Å². The molecule has 2 aliphatic rings. The van der Waals surface area contributed by atoms with Crippen LogP contribution in [0.2, 0.25) is 0 Å². The second kappa shape index (κ2) is 16.5. The highest BCUT2D eigenvalue weighted by Crippen LogP contribution is 2.34. The first kappa shape index (κ1) is 38.0. The lowest BCUT2D eigenvalue weighted by Crippen LogP contribution is -2.55. The standard InChI is InChI=1S/C36H44F5N9OS/c1-23(48-9-11-49(12-10-48)28(21-51)17-43-18-33(37)38)19-50-27(16-42)13-30-24(2)25(3-4-32(30)50)20-47-7-5-26(6-8-47)46-34-31-14-29(15-36(39,40)41)52-35(31)45-22-44-34/h3-4,13-14,21-23,26,28,33,43H,5-12,15,17-20H2,1-2H3,(H,44,45,46)/t23-,28?/m0/s1. The number of alkyl halides is 5. The number of piperazine rings is 1. The molecular weight excluding hydrogens is 702 g/mol. The number of carbonyl (C=O) groups is 1. The number of nitrogens with zero attached hydrogens (tertiary/aromatic N) is 7. The van der Waals surface area contributed by atoms with E-state index >= 15 is 0 Å². The number of aryl methyl sites for hydroxylation is 1. The van der Waals surface area contributed by atoms with Gasteiger partial charge in [0.05, 0.1) is 24.4 Å². The van der Waals surface area contributed by atoms with E-state index in [1.165, 1.54) is 11.9 Å². The van der Waals surface area contributed by atoms with Crippen LogP contribution < -0.4 is 10.6 Å². The number of hydrogen-bond acceptors (Lipinski definition) is 10. The molecule has 2 saturated heterocycles. The first-order chi connectivity index (χ1) is 24.9. The van der Waals surface area contributed by atoms with Crippen molar-refractivity contribution in [1.29, 1.82) is 5.26 Å². The van der Waals surface area contributed by atoms with Crippen LogP contribution in [0.25, 0.3) is 21.1 Å². The van der Waals surface area contributed by atoms with E-state index in [9.17, 15) is 32.0 Å². The summed E-state index contributed by atoms with van der Waals surface area (Å²) in [5.74, 6) is 0.577. The molecule has 4 aromatic rings. The number of hydrogen-bond donors (Lipinski definition) is 2. The summed E-state index contributed by atoms with van der Waals surface area (Å²) in [6.07, 6.45) is -3.76. The Bertz CT molecular complexity index is 1870. The van der Waals surface area contributed by atoms with Crippen LogP contribution in [0.3, 0.4) is 0 Å². The van der Waals surface area contributed by atoms with Gasteiger partial charge < -0.3 is 20.0 Å². The normalized spacial score (nSPS) is 18.3. The predicted molar refractivity (Wildman–Crippen MR) is 192 cm³/mol. The highest BCUT2D eigenvalue weighted by Gasteiger charge is 2.30. The zero-order valence-corrected chi connectivity index (χ0v) is 30.1. The Morgan fingerprint density at radius 3 is 2.44 bits per heavy atom. The summed E-state index contributed by atoms with van der Waals surface area (Å²) in [6.45, 7) is 9.89. The van der Waals surface area contributed by atoms with Crippen molar-refractivity contribution >= 4 is 44.6 Å². The Morgan fingerprint density at radius 2 is 1.77 bits per heavy atom. The number of halogens is 5. The number of nitrogens with one attached hydrogen (secondary N) is 2. The predicted octanol–water partition coefficient (Wildman–Crippen LogP) is 5.44. The number of rotatable bonds is 14. The summed E-state index contributed by atoms with van der Waals surface area (Å²) >= 11 is 1.05. The maximum absolute atomic E-state index is 13.0. The molecule has 1 aromatic carbocycles. The Morgan fingerprint density at radius 1 is 1.04 bits per heavy atom. The van der Waals surface area contributed by atoms with E-state index < -0.39 is 31.6 Å². The molecule has 16 heteroatoms. The fraction of sp³-hybridized carbons (Fsp3) is 0.556. The molecule has 52 heavy (non-hydrogen) atoms. The summed E-state index contributed by atoms with van der Waals surface area (Å²) < 4.78 is 66.1. The number of aromatic nitrogens is 3. The molecule has 3 aromatic heterocycles. The van der Waals surface area contributed by atoms with Gasteiger partial charge in [-0.05, 0) is 56.0 Å². The molecule has 0 amide bonds. The highest BCUT2D eigenvalue weighted by atomic mass is 32.1. The average molecular weight is 746 g/mol. The van der Waals surface area contributed by atoms with Crippen molar-refractivity contribution in [3.05, 3.63) is 52.3 Å². The molecule has 0 bridgehead atoms. The van der Waals surface area contributed by atoms with E-state index in [0.29, 0.717) is 41.4 Å². The van der Waals surface area contributed by atoms with Crippen LogP contribution >= 0.6 is 11.3 Å². The lowest BCUT2D eigenvalue weighted by molar-refractivity contribution is -0.126. The average Bonchev–Trinajstić information content (AvgIpc) is 3.69. The first-order valence-electron chi connectivity index (χ1n) is 17.7. The fourth-order valence-corrected chi connectivity index (χ4v) is 8.48. The van der Waals surface area contributed by atoms with Crippen LogP contribution in [-0.4, -0.2) is 119 Å². The maximum atomic E-state index is 13.0. The van der Waals surface area contributed by atoms with E-state index in [-0.39, 0.29) is 23.5 Å². The number of carbonyl (C=O) groups excluding carboxylic acids is 1. The molecule has 0 radical (unpaired) electrons. The van der Waals surface area contributed by atoms with Gasteiger partial charge in [-0.2, -0.15) is 18.4 Å². The molecule has 6 rings (SSSR count). The van der Waals surface area contributed by atoms with Gasteiger partial charge in [0, 0.05) is 86.8 Å². The molecule has 2 aliphatic heterocycles. The third kappa shape index (κ3) is 9.06. The minimum absolute atomic E-state index is 0.131. The number of thiophene rings is 1.